The number of carbonyl (C=O) groups is 2. The zero-order chi connectivity index (χ0) is 13.8. The molecular formula is C11H17F2NO4. The van der Waals surface area contributed by atoms with Crippen molar-refractivity contribution >= 4 is 11.9 Å². The topological polar surface area (TPSA) is 75.6 Å². The van der Waals surface area contributed by atoms with Gasteiger partial charge in [0.05, 0.1) is 6.61 Å². The number of carbonyl (C=O) groups excluding carboxylic acids is 1. The van der Waals surface area contributed by atoms with E-state index in [4.69, 9.17) is 5.11 Å². The average molecular weight is 265 g/mol. The molecule has 0 radical (unpaired) electrons. The van der Waals surface area contributed by atoms with Gasteiger partial charge >= 0.3 is 5.97 Å². The van der Waals surface area contributed by atoms with Gasteiger partial charge in [-0.2, -0.15) is 0 Å². The molecule has 0 aliphatic heterocycles. The third-order valence-corrected chi connectivity index (χ3v) is 2.95. The Morgan fingerprint density at radius 3 is 2.56 bits per heavy atom. The van der Waals surface area contributed by atoms with Crippen molar-refractivity contribution in [2.24, 2.45) is 5.92 Å². The van der Waals surface area contributed by atoms with Crippen LogP contribution in [0.4, 0.5) is 8.78 Å². The minimum absolute atomic E-state index is 0.0547. The number of hydrogen-bond acceptors (Lipinski definition) is 3. The molecule has 0 aromatic carbocycles. The van der Waals surface area contributed by atoms with Crippen molar-refractivity contribution in [3.05, 3.63) is 0 Å². The predicted molar refractivity (Wildman–Crippen MR) is 58.3 cm³/mol. The van der Waals surface area contributed by atoms with Crippen molar-refractivity contribution in [1.29, 1.82) is 0 Å². The lowest BCUT2D eigenvalue weighted by Gasteiger charge is -2.26. The molecule has 5 nitrogen and oxygen atoms in total. The number of aliphatic carboxylic acids is 1. The highest BCUT2D eigenvalue weighted by Crippen LogP contribution is 2.39. The minimum atomic E-state index is -2.57. The van der Waals surface area contributed by atoms with Crippen LogP contribution in [0.15, 0.2) is 0 Å². The Morgan fingerprint density at radius 2 is 2.11 bits per heavy atom. The molecule has 0 aromatic heterocycles. The van der Waals surface area contributed by atoms with Gasteiger partial charge in [-0.15, -0.1) is 0 Å². The third-order valence-electron chi connectivity index (χ3n) is 2.95. The van der Waals surface area contributed by atoms with Crippen molar-refractivity contribution in [2.75, 3.05) is 13.2 Å². The number of amides is 1. The first kappa shape index (κ1) is 14.8. The summed E-state index contributed by atoms with van der Waals surface area (Å²) in [7, 11) is 0. The number of ether oxygens (including phenoxy) is 1. The fourth-order valence-electron chi connectivity index (χ4n) is 1.68. The second-order valence-electron chi connectivity index (χ2n) is 4.55. The maximum Gasteiger partial charge on any atom is 0.329 e. The van der Waals surface area contributed by atoms with Crippen LogP contribution in [0, 0.1) is 5.92 Å². The molecule has 0 heterocycles. The Morgan fingerprint density at radius 1 is 1.50 bits per heavy atom. The highest BCUT2D eigenvalue weighted by Gasteiger charge is 2.48. The molecule has 1 aliphatic carbocycles. The summed E-state index contributed by atoms with van der Waals surface area (Å²) in [6, 6.07) is 0. The summed E-state index contributed by atoms with van der Waals surface area (Å²) < 4.78 is 28.1. The van der Waals surface area contributed by atoms with E-state index in [1.807, 2.05) is 0 Å². The molecule has 1 saturated carbocycles. The van der Waals surface area contributed by atoms with Gasteiger partial charge in [0.15, 0.2) is 0 Å². The maximum absolute atomic E-state index is 11.7. The summed E-state index contributed by atoms with van der Waals surface area (Å²) in [6.07, 6.45) is -1.15. The zero-order valence-electron chi connectivity index (χ0n) is 10.1. The van der Waals surface area contributed by atoms with Gasteiger partial charge in [0.25, 0.3) is 6.43 Å². The average Bonchev–Trinajstić information content (AvgIpc) is 3.07. The van der Waals surface area contributed by atoms with Crippen LogP contribution in [-0.2, 0) is 14.3 Å². The SMILES string of the molecule is CC(NC(=O)CCOCC(F)F)(C(=O)O)C1CC1. The van der Waals surface area contributed by atoms with Gasteiger partial charge in [0, 0.05) is 6.42 Å². The number of alkyl halides is 2. The van der Waals surface area contributed by atoms with Gasteiger partial charge in [0.1, 0.15) is 12.1 Å². The van der Waals surface area contributed by atoms with Crippen molar-refractivity contribution in [1.82, 2.24) is 5.32 Å². The summed E-state index contributed by atoms with van der Waals surface area (Å²) in [6.45, 7) is 0.605. The van der Waals surface area contributed by atoms with E-state index in [9.17, 15) is 18.4 Å². The van der Waals surface area contributed by atoms with Gasteiger partial charge in [-0.1, -0.05) is 0 Å². The van der Waals surface area contributed by atoms with E-state index in [0.29, 0.717) is 0 Å². The summed E-state index contributed by atoms with van der Waals surface area (Å²) in [5, 5.41) is 11.5. The molecule has 18 heavy (non-hydrogen) atoms. The molecule has 1 rings (SSSR count). The fraction of sp³-hybridized carbons (Fsp3) is 0.818. The molecule has 1 atom stereocenters. The largest absolute Gasteiger partial charge is 0.480 e. The van der Waals surface area contributed by atoms with Gasteiger partial charge in [-0.3, -0.25) is 4.79 Å². The smallest absolute Gasteiger partial charge is 0.329 e. The molecule has 0 spiro atoms. The lowest BCUT2D eigenvalue weighted by molar-refractivity contribution is -0.148. The summed E-state index contributed by atoms with van der Waals surface area (Å²) in [5.41, 5.74) is -1.26. The molecule has 2 N–H and O–H groups in total. The lowest BCUT2D eigenvalue weighted by atomic mass is 9.96. The summed E-state index contributed by atoms with van der Waals surface area (Å²) in [4.78, 5) is 22.6. The van der Waals surface area contributed by atoms with Gasteiger partial charge in [-0.05, 0) is 25.7 Å². The van der Waals surface area contributed by atoms with Crippen LogP contribution in [0.3, 0.4) is 0 Å². The van der Waals surface area contributed by atoms with Crippen LogP contribution in [0.25, 0.3) is 0 Å². The highest BCUT2D eigenvalue weighted by atomic mass is 19.3. The zero-order valence-corrected chi connectivity index (χ0v) is 10.1. The normalized spacial score (nSPS) is 18.4. The van der Waals surface area contributed by atoms with E-state index < -0.39 is 30.4 Å². The van der Waals surface area contributed by atoms with Crippen LogP contribution in [0.5, 0.6) is 0 Å². The second kappa shape index (κ2) is 6.08. The predicted octanol–water partition coefficient (Wildman–Crippen LogP) is 1.03. The van der Waals surface area contributed by atoms with Crippen LogP contribution in [0.1, 0.15) is 26.2 Å². The van der Waals surface area contributed by atoms with Crippen molar-refractivity contribution in [3.63, 3.8) is 0 Å². The number of halogens is 2. The van der Waals surface area contributed by atoms with Gasteiger partial charge < -0.3 is 15.2 Å². The Hall–Kier alpha value is -1.24. The fourth-order valence-corrected chi connectivity index (χ4v) is 1.68. The van der Waals surface area contributed by atoms with E-state index in [0.717, 1.165) is 12.8 Å². The quantitative estimate of drug-likeness (QED) is 0.643. The van der Waals surface area contributed by atoms with E-state index >= 15 is 0 Å². The molecule has 7 heteroatoms. The molecule has 1 unspecified atom stereocenters. The minimum Gasteiger partial charge on any atom is -0.480 e. The monoisotopic (exact) mass is 265 g/mol. The van der Waals surface area contributed by atoms with Crippen LogP contribution in [0.2, 0.25) is 0 Å². The first-order valence-electron chi connectivity index (χ1n) is 5.76. The van der Waals surface area contributed by atoms with Crippen molar-refractivity contribution in [3.8, 4) is 0 Å². The first-order chi connectivity index (χ1) is 8.36. The van der Waals surface area contributed by atoms with Crippen LogP contribution in [-0.4, -0.2) is 42.2 Å². The molecule has 1 amide bonds. The Kier molecular flexibility index (Phi) is 5.01. The van der Waals surface area contributed by atoms with E-state index in [-0.39, 0.29) is 18.9 Å². The van der Waals surface area contributed by atoms with Gasteiger partial charge in [0.2, 0.25) is 5.91 Å². The van der Waals surface area contributed by atoms with E-state index in [1.165, 1.54) is 6.92 Å². The number of nitrogens with one attached hydrogen (secondary N) is 1. The number of hydrogen-bond donors (Lipinski definition) is 2. The molecule has 0 aromatic rings. The van der Waals surface area contributed by atoms with Crippen LogP contribution >= 0.6 is 0 Å². The third kappa shape index (κ3) is 4.21. The Bertz CT molecular complexity index is 320. The van der Waals surface area contributed by atoms with Crippen molar-refractivity contribution < 1.29 is 28.2 Å². The van der Waals surface area contributed by atoms with E-state index in [1.54, 1.807) is 0 Å². The second-order valence-corrected chi connectivity index (χ2v) is 4.55. The molecular weight excluding hydrogens is 248 g/mol. The molecule has 0 bridgehead atoms. The van der Waals surface area contributed by atoms with Gasteiger partial charge in [-0.25, -0.2) is 13.6 Å². The number of rotatable bonds is 8. The summed E-state index contributed by atoms with van der Waals surface area (Å²) >= 11 is 0. The lowest BCUT2D eigenvalue weighted by Crippen LogP contribution is -2.54. The van der Waals surface area contributed by atoms with Crippen LogP contribution < -0.4 is 5.32 Å². The maximum atomic E-state index is 11.7. The number of carboxylic acid groups (broad SMARTS) is 1. The molecule has 104 valence electrons. The standard InChI is InChI=1S/C11H17F2NO4/c1-11(10(16)17,7-2-3-7)14-9(15)4-5-18-6-8(12)13/h7-8H,2-6H2,1H3,(H,14,15)(H,16,17). The van der Waals surface area contributed by atoms with Crippen molar-refractivity contribution in [2.45, 2.75) is 38.2 Å². The molecule has 1 aliphatic rings. The summed E-state index contributed by atoms with van der Waals surface area (Å²) in [5.74, 6) is -1.63. The number of carboxylic acids is 1. The Labute approximate surface area is 103 Å². The first-order valence-corrected chi connectivity index (χ1v) is 5.76. The molecule has 1 fully saturated rings. The highest BCUT2D eigenvalue weighted by molar-refractivity contribution is 5.87. The Balaban J connectivity index is 2.31. The molecule has 0 saturated heterocycles. The van der Waals surface area contributed by atoms with E-state index in [2.05, 4.69) is 10.1 Å².